The van der Waals surface area contributed by atoms with Gasteiger partial charge in [0.2, 0.25) is 0 Å². The fourth-order valence-corrected chi connectivity index (χ4v) is 1.72. The highest BCUT2D eigenvalue weighted by Crippen LogP contribution is 2.28. The molecular weight excluding hydrogens is 288 g/mol. The fourth-order valence-electron chi connectivity index (χ4n) is 1.72. The zero-order valence-corrected chi connectivity index (χ0v) is 13.1. The Morgan fingerprint density at radius 2 is 1.77 bits per heavy atom. The first-order valence-corrected chi connectivity index (χ1v) is 6.67. The Hall–Kier alpha value is -2.50. The van der Waals surface area contributed by atoms with Crippen molar-refractivity contribution in [2.24, 2.45) is 0 Å². The van der Waals surface area contributed by atoms with Crippen LogP contribution in [-0.2, 0) is 19.1 Å². The van der Waals surface area contributed by atoms with Crippen molar-refractivity contribution in [2.75, 3.05) is 20.8 Å². The van der Waals surface area contributed by atoms with Gasteiger partial charge in [0.25, 0.3) is 0 Å². The smallest absolute Gasteiger partial charge is 0.303 e. The number of hydrogen-bond acceptors (Lipinski definition) is 6. The van der Waals surface area contributed by atoms with Gasteiger partial charge in [0.05, 0.1) is 14.2 Å². The summed E-state index contributed by atoms with van der Waals surface area (Å²) < 4.78 is 20.3. The van der Waals surface area contributed by atoms with Gasteiger partial charge in [0.1, 0.15) is 6.61 Å². The van der Waals surface area contributed by atoms with Crippen LogP contribution in [0.25, 0.3) is 6.08 Å². The molecule has 0 bridgehead atoms. The number of benzene rings is 1. The van der Waals surface area contributed by atoms with Crippen LogP contribution in [0.1, 0.15) is 19.4 Å². The number of methoxy groups -OCH3 is 2. The highest BCUT2D eigenvalue weighted by atomic mass is 16.6. The van der Waals surface area contributed by atoms with Gasteiger partial charge in [-0.05, 0) is 23.8 Å². The monoisotopic (exact) mass is 308 g/mol. The molecule has 0 fully saturated rings. The van der Waals surface area contributed by atoms with Gasteiger partial charge in [-0.3, -0.25) is 9.59 Å². The van der Waals surface area contributed by atoms with Crippen molar-refractivity contribution >= 4 is 18.0 Å². The summed E-state index contributed by atoms with van der Waals surface area (Å²) in [7, 11) is 3.11. The van der Waals surface area contributed by atoms with Gasteiger partial charge >= 0.3 is 11.9 Å². The molecule has 0 saturated heterocycles. The SMILES string of the molecule is COc1ccc(/C=C/C(COC(C)=O)OC(C)=O)cc1OC. The van der Waals surface area contributed by atoms with Crippen LogP contribution in [0.15, 0.2) is 24.3 Å². The molecule has 0 saturated carbocycles. The van der Waals surface area contributed by atoms with Gasteiger partial charge in [-0.15, -0.1) is 0 Å². The van der Waals surface area contributed by atoms with Gasteiger partial charge in [-0.25, -0.2) is 0 Å². The summed E-state index contributed by atoms with van der Waals surface area (Å²) in [6.07, 6.45) is 2.75. The molecule has 0 heterocycles. The highest BCUT2D eigenvalue weighted by molar-refractivity contribution is 5.67. The Morgan fingerprint density at radius 1 is 1.09 bits per heavy atom. The Balaban J connectivity index is 2.84. The highest BCUT2D eigenvalue weighted by Gasteiger charge is 2.10. The first-order chi connectivity index (χ1) is 10.5. The van der Waals surface area contributed by atoms with Crippen LogP contribution >= 0.6 is 0 Å². The molecule has 6 nitrogen and oxygen atoms in total. The molecule has 1 aromatic rings. The normalized spacial score (nSPS) is 11.8. The Labute approximate surface area is 129 Å². The second kappa shape index (κ2) is 8.71. The topological polar surface area (TPSA) is 71.1 Å². The lowest BCUT2D eigenvalue weighted by atomic mass is 10.1. The van der Waals surface area contributed by atoms with Crippen LogP contribution in [0.3, 0.4) is 0 Å². The van der Waals surface area contributed by atoms with Crippen LogP contribution in [0, 0.1) is 0 Å². The molecule has 0 aliphatic rings. The van der Waals surface area contributed by atoms with E-state index in [4.69, 9.17) is 18.9 Å². The van der Waals surface area contributed by atoms with Gasteiger partial charge < -0.3 is 18.9 Å². The van der Waals surface area contributed by atoms with Crippen LogP contribution in [0.2, 0.25) is 0 Å². The van der Waals surface area contributed by atoms with Crippen molar-refractivity contribution in [2.45, 2.75) is 20.0 Å². The summed E-state index contributed by atoms with van der Waals surface area (Å²) in [5.74, 6) is 0.329. The zero-order valence-electron chi connectivity index (χ0n) is 13.1. The average molecular weight is 308 g/mol. The van der Waals surface area contributed by atoms with E-state index in [1.807, 2.05) is 6.07 Å². The van der Waals surface area contributed by atoms with Crippen LogP contribution in [-0.4, -0.2) is 38.9 Å². The summed E-state index contributed by atoms with van der Waals surface area (Å²) in [6.45, 7) is 2.56. The van der Waals surface area contributed by atoms with E-state index in [0.717, 1.165) is 5.56 Å². The molecule has 1 atom stereocenters. The van der Waals surface area contributed by atoms with Crippen molar-refractivity contribution in [1.82, 2.24) is 0 Å². The molecule has 0 radical (unpaired) electrons. The van der Waals surface area contributed by atoms with Gasteiger partial charge in [0.15, 0.2) is 17.6 Å². The fraction of sp³-hybridized carbons (Fsp3) is 0.375. The predicted molar refractivity (Wildman–Crippen MR) is 80.8 cm³/mol. The molecule has 1 rings (SSSR count). The molecule has 1 unspecified atom stereocenters. The lowest BCUT2D eigenvalue weighted by Gasteiger charge is -2.13. The summed E-state index contributed by atoms with van der Waals surface area (Å²) in [5, 5.41) is 0. The maximum atomic E-state index is 11.1. The standard InChI is InChI=1S/C16H20O6/c1-11(17)21-10-14(22-12(2)18)7-5-13-6-8-15(19-3)16(9-13)20-4/h5-9,14H,10H2,1-4H3/b7-5+. The molecule has 120 valence electrons. The van der Waals surface area contributed by atoms with Crippen LogP contribution in [0.4, 0.5) is 0 Å². The first kappa shape index (κ1) is 17.6. The molecular formula is C16H20O6. The minimum Gasteiger partial charge on any atom is -0.493 e. The molecule has 6 heteroatoms. The second-order valence-electron chi connectivity index (χ2n) is 4.42. The average Bonchev–Trinajstić information content (AvgIpc) is 2.49. The summed E-state index contributed by atoms with van der Waals surface area (Å²) in [4.78, 5) is 21.9. The van der Waals surface area contributed by atoms with Crippen molar-refractivity contribution in [3.63, 3.8) is 0 Å². The molecule has 0 spiro atoms. The molecule has 0 N–H and O–H groups in total. The van der Waals surface area contributed by atoms with E-state index < -0.39 is 18.0 Å². The van der Waals surface area contributed by atoms with Crippen molar-refractivity contribution in [1.29, 1.82) is 0 Å². The van der Waals surface area contributed by atoms with E-state index in [2.05, 4.69) is 0 Å². The number of carbonyl (C=O) groups excluding carboxylic acids is 2. The Kier molecular flexibility index (Phi) is 6.95. The maximum absolute atomic E-state index is 11.1. The van der Waals surface area contributed by atoms with Gasteiger partial charge in [-0.1, -0.05) is 12.1 Å². The second-order valence-corrected chi connectivity index (χ2v) is 4.42. The number of esters is 2. The summed E-state index contributed by atoms with van der Waals surface area (Å²) >= 11 is 0. The van der Waals surface area contributed by atoms with E-state index in [9.17, 15) is 9.59 Å². The molecule has 1 aromatic carbocycles. The van der Waals surface area contributed by atoms with E-state index in [1.165, 1.54) is 13.8 Å². The number of rotatable bonds is 7. The number of hydrogen-bond donors (Lipinski definition) is 0. The van der Waals surface area contributed by atoms with E-state index in [0.29, 0.717) is 11.5 Å². The van der Waals surface area contributed by atoms with E-state index >= 15 is 0 Å². The van der Waals surface area contributed by atoms with E-state index in [-0.39, 0.29) is 6.61 Å². The van der Waals surface area contributed by atoms with Gasteiger partial charge in [-0.2, -0.15) is 0 Å². The summed E-state index contributed by atoms with van der Waals surface area (Å²) in [6, 6.07) is 5.38. The quantitative estimate of drug-likeness (QED) is 0.719. The Morgan fingerprint density at radius 3 is 2.32 bits per heavy atom. The zero-order chi connectivity index (χ0) is 16.5. The lowest BCUT2D eigenvalue weighted by Crippen LogP contribution is -2.21. The van der Waals surface area contributed by atoms with Crippen molar-refractivity contribution in [3.8, 4) is 11.5 Å². The van der Waals surface area contributed by atoms with Crippen LogP contribution < -0.4 is 9.47 Å². The summed E-state index contributed by atoms with van der Waals surface area (Å²) in [5.41, 5.74) is 0.831. The third kappa shape index (κ3) is 5.87. The van der Waals surface area contributed by atoms with Crippen LogP contribution in [0.5, 0.6) is 11.5 Å². The molecule has 0 aliphatic carbocycles. The molecule has 0 aromatic heterocycles. The first-order valence-electron chi connectivity index (χ1n) is 6.67. The third-order valence-electron chi connectivity index (χ3n) is 2.68. The van der Waals surface area contributed by atoms with Gasteiger partial charge in [0, 0.05) is 13.8 Å². The van der Waals surface area contributed by atoms with E-state index in [1.54, 1.807) is 38.5 Å². The predicted octanol–water partition coefficient (Wildman–Crippen LogP) is 2.21. The lowest BCUT2D eigenvalue weighted by molar-refractivity contribution is -0.153. The number of carbonyl (C=O) groups is 2. The number of ether oxygens (including phenoxy) is 4. The third-order valence-corrected chi connectivity index (χ3v) is 2.68. The minimum absolute atomic E-state index is 0.0291. The molecule has 0 aliphatic heterocycles. The maximum Gasteiger partial charge on any atom is 0.303 e. The minimum atomic E-state index is -0.644. The molecule has 0 amide bonds. The van der Waals surface area contributed by atoms with Crippen molar-refractivity contribution < 1.29 is 28.5 Å². The van der Waals surface area contributed by atoms with Crippen molar-refractivity contribution in [3.05, 3.63) is 29.8 Å². The molecule has 22 heavy (non-hydrogen) atoms. The Bertz CT molecular complexity index is 550. The largest absolute Gasteiger partial charge is 0.493 e.